The summed E-state index contributed by atoms with van der Waals surface area (Å²) in [6.45, 7) is 0. The molecule has 266 valence electrons. The van der Waals surface area contributed by atoms with Crippen LogP contribution in [0.2, 0.25) is 0 Å². The van der Waals surface area contributed by atoms with Gasteiger partial charge in [0.15, 0.2) is 0 Å². The number of benzene rings is 4. The number of aromatic nitrogens is 8. The van der Waals surface area contributed by atoms with Gasteiger partial charge in [-0.05, 0) is 95.5 Å². The van der Waals surface area contributed by atoms with Crippen molar-refractivity contribution in [2.45, 2.75) is 9.79 Å². The molecule has 18 nitrogen and oxygen atoms in total. The summed E-state index contributed by atoms with van der Waals surface area (Å²) in [6.07, 6.45) is 0. The van der Waals surface area contributed by atoms with E-state index < -0.39 is 41.8 Å². The smallest absolute Gasteiger partial charge is 0.744 e. The van der Waals surface area contributed by atoms with E-state index in [0.29, 0.717) is 22.7 Å². The van der Waals surface area contributed by atoms with Crippen molar-refractivity contribution in [1.82, 2.24) is 40.4 Å². The Morgan fingerprint density at radius 1 is 0.593 bits per heavy atom. The van der Waals surface area contributed by atoms with Crippen LogP contribution in [0.25, 0.3) is 11.4 Å². The standard InChI is InChI=1S/2C14H11N5O4S2.Au.3K/c2*20-13(11-6-1-2-7-12(11)25(21,22)23)15-9-4-3-5-10(8-9)19-17-14(24)16-18-19;;;;/h2*1-8H,(H,15,20)(H,17,24)(H,21,22,23);;;;/q;;4*+1/p-2. The van der Waals surface area contributed by atoms with Crippen LogP contribution in [0, 0.1) is 9.54 Å². The minimum Gasteiger partial charge on any atom is -0.744 e. The maximum absolute atomic E-state index is 12.4. The predicted octanol–water partition coefficient (Wildman–Crippen LogP) is -6.03. The van der Waals surface area contributed by atoms with E-state index in [1.165, 1.54) is 46.0 Å². The van der Waals surface area contributed by atoms with E-state index in [4.69, 9.17) is 24.4 Å². The zero-order valence-corrected chi connectivity index (χ0v) is 42.9. The summed E-state index contributed by atoms with van der Waals surface area (Å²) in [5.74, 6) is -1.45. The van der Waals surface area contributed by atoms with Gasteiger partial charge in [-0.1, -0.05) is 46.6 Å². The van der Waals surface area contributed by atoms with Crippen molar-refractivity contribution in [3.63, 3.8) is 0 Å². The fourth-order valence-corrected chi connectivity index (χ4v) is 5.84. The normalized spacial score (nSPS) is 10.4. The molecule has 2 amide bonds. The van der Waals surface area contributed by atoms with Gasteiger partial charge in [-0.15, -0.1) is 0 Å². The van der Waals surface area contributed by atoms with Crippen LogP contribution in [0.1, 0.15) is 20.7 Å². The first-order valence-corrected chi connectivity index (χ1v) is 17.3. The van der Waals surface area contributed by atoms with Gasteiger partial charge in [0.05, 0.1) is 32.3 Å². The molecule has 0 saturated heterocycles. The van der Waals surface area contributed by atoms with E-state index in [0.717, 1.165) is 12.1 Å². The number of rotatable bonds is 8. The summed E-state index contributed by atoms with van der Waals surface area (Å²) in [5.41, 5.74) is 1.37. The molecule has 0 aliphatic heterocycles. The summed E-state index contributed by atoms with van der Waals surface area (Å²) in [6, 6.07) is 23.4. The van der Waals surface area contributed by atoms with Crippen LogP contribution < -0.4 is 165 Å². The van der Waals surface area contributed by atoms with Gasteiger partial charge in [-0.25, -0.2) is 27.0 Å². The summed E-state index contributed by atoms with van der Waals surface area (Å²) in [4.78, 5) is 26.2. The number of carbonyl (C=O) groups excluding carboxylic acids is 2. The molecule has 0 unspecified atom stereocenters. The van der Waals surface area contributed by atoms with Crippen molar-refractivity contribution in [3.8, 4) is 11.4 Å². The van der Waals surface area contributed by atoms with Gasteiger partial charge < -0.3 is 19.7 Å². The topological polar surface area (TPSA) is 266 Å². The number of anilines is 2. The third kappa shape index (κ3) is 14.6. The van der Waals surface area contributed by atoms with Crippen LogP contribution >= 0.6 is 24.4 Å². The number of H-pyrrole nitrogens is 2. The number of hydrogen-bond acceptors (Lipinski definition) is 14. The molecule has 0 bridgehead atoms. The minimum absolute atomic E-state index is 0. The van der Waals surface area contributed by atoms with Crippen LogP contribution in [-0.2, 0) is 42.6 Å². The Morgan fingerprint density at radius 3 is 1.26 bits per heavy atom. The molecule has 6 rings (SSSR count). The Labute approximate surface area is 460 Å². The van der Waals surface area contributed by atoms with Gasteiger partial charge in [0, 0.05) is 11.4 Å². The van der Waals surface area contributed by atoms with Gasteiger partial charge in [-0.2, -0.15) is 9.59 Å². The van der Waals surface area contributed by atoms with Crippen molar-refractivity contribution in [2.75, 3.05) is 10.6 Å². The predicted molar refractivity (Wildman–Crippen MR) is 178 cm³/mol. The number of carbonyl (C=O) groups is 2. The molecule has 0 aliphatic rings. The van der Waals surface area contributed by atoms with E-state index in [1.54, 1.807) is 48.5 Å². The third-order valence-corrected chi connectivity index (χ3v) is 8.49. The number of amides is 2. The average Bonchev–Trinajstić information content (AvgIpc) is 3.72. The Kier molecular flexibility index (Phi) is 22.5. The van der Waals surface area contributed by atoms with Crippen LogP contribution in [0.4, 0.5) is 11.4 Å². The van der Waals surface area contributed by atoms with E-state index >= 15 is 0 Å². The van der Waals surface area contributed by atoms with Crippen molar-refractivity contribution < 1.29 is 212 Å². The average molecular weight is 1070 g/mol. The van der Waals surface area contributed by atoms with Crippen LogP contribution in [0.15, 0.2) is 107 Å². The first-order chi connectivity index (χ1) is 23.7. The SMILES string of the molecule is O=C(Nc1cccc(-n2nnc(=S)[nH]2)c1)c1ccccc1S(=O)(=O)[O-].O=C(Nc1cccc(-n2nnc(=S)[nH]2)c1)c1ccccc1S(=O)(=O)[O-].[Au+].[K+].[K+].[K+]. The summed E-state index contributed by atoms with van der Waals surface area (Å²) >= 11 is 9.68. The molecule has 0 spiro atoms. The molecule has 0 radical (unpaired) electrons. The Balaban J connectivity index is 0.000000503. The molecule has 4 aromatic carbocycles. The molecule has 0 fully saturated rings. The van der Waals surface area contributed by atoms with Gasteiger partial charge >= 0.3 is 177 Å². The van der Waals surface area contributed by atoms with Crippen molar-refractivity contribution >= 4 is 67.9 Å². The van der Waals surface area contributed by atoms with Crippen molar-refractivity contribution in [3.05, 3.63) is 118 Å². The van der Waals surface area contributed by atoms with Gasteiger partial charge in [0.2, 0.25) is 9.54 Å². The van der Waals surface area contributed by atoms with Crippen molar-refractivity contribution in [2.24, 2.45) is 0 Å². The second-order valence-electron chi connectivity index (χ2n) is 9.75. The fraction of sp³-hybridized carbons (Fsp3) is 0. The monoisotopic (exact) mass is 1070 g/mol. The first kappa shape index (κ1) is 51.9. The van der Waals surface area contributed by atoms with Gasteiger partial charge in [0.1, 0.15) is 20.2 Å². The molecular formula is C28H20AuK3N10O8S4+2. The molecule has 26 heteroatoms. The third-order valence-electron chi connectivity index (χ3n) is 6.35. The Bertz CT molecular complexity index is 2410. The summed E-state index contributed by atoms with van der Waals surface area (Å²) in [7, 11) is -9.54. The van der Waals surface area contributed by atoms with Gasteiger partial charge in [0.25, 0.3) is 11.8 Å². The van der Waals surface area contributed by atoms with E-state index in [1.807, 2.05) is 0 Å². The second kappa shape index (κ2) is 23.5. The molecule has 54 heavy (non-hydrogen) atoms. The number of nitrogens with one attached hydrogen (secondary N) is 4. The molecule has 0 saturated carbocycles. The molecule has 6 aromatic rings. The Hall–Kier alpha value is -0.131. The zero-order chi connectivity index (χ0) is 36.1. The number of nitrogens with zero attached hydrogens (tertiary/aromatic N) is 6. The fourth-order valence-electron chi connectivity index (χ4n) is 4.25. The largest absolute Gasteiger partial charge is 1.00 e. The van der Waals surface area contributed by atoms with E-state index in [2.05, 4.69) is 41.5 Å². The number of aromatic amines is 2. The molecular weight excluding hydrogens is 1050 g/mol. The Morgan fingerprint density at radius 2 is 0.944 bits per heavy atom. The first-order valence-electron chi connectivity index (χ1n) is 13.7. The molecule has 2 aromatic heterocycles. The van der Waals surface area contributed by atoms with Crippen LogP contribution in [0.5, 0.6) is 0 Å². The molecule has 4 N–H and O–H groups in total. The van der Waals surface area contributed by atoms with E-state index in [-0.39, 0.29) is 197 Å². The second-order valence-corrected chi connectivity index (χ2v) is 13.2. The zero-order valence-electron chi connectivity index (χ0n) is 28.1. The molecule has 0 atom stereocenters. The van der Waals surface area contributed by atoms with Crippen LogP contribution in [0.3, 0.4) is 0 Å². The maximum Gasteiger partial charge on any atom is 1.00 e. The van der Waals surface area contributed by atoms with E-state index in [9.17, 15) is 35.5 Å². The quantitative estimate of drug-likeness (QED) is 0.0629. The number of hydrogen-bond donors (Lipinski definition) is 4. The summed E-state index contributed by atoms with van der Waals surface area (Å²) in [5, 5.41) is 25.4. The minimum atomic E-state index is -4.77. The summed E-state index contributed by atoms with van der Waals surface area (Å²) < 4.78 is 68.1. The van der Waals surface area contributed by atoms with Crippen molar-refractivity contribution in [1.29, 1.82) is 0 Å². The number of tetrazole rings is 2. The van der Waals surface area contributed by atoms with Gasteiger partial charge in [-0.3, -0.25) is 9.59 Å². The maximum atomic E-state index is 12.4. The van der Waals surface area contributed by atoms with Crippen LogP contribution in [-0.4, -0.2) is 78.2 Å². The molecule has 0 aliphatic carbocycles. The molecule has 2 heterocycles.